The Morgan fingerprint density at radius 3 is 2.53 bits per heavy atom. The molecule has 1 atom stereocenters. The lowest BCUT2D eigenvalue weighted by atomic mass is 10.2. The number of aliphatic hydroxyl groups is 2. The van der Waals surface area contributed by atoms with Crippen molar-refractivity contribution in [3.05, 3.63) is 49.6 Å². The summed E-state index contributed by atoms with van der Waals surface area (Å²) in [5, 5.41) is 21.7. The summed E-state index contributed by atoms with van der Waals surface area (Å²) >= 11 is 1.97. The maximum absolute atomic E-state index is 14.4. The van der Waals surface area contributed by atoms with Crippen LogP contribution in [0.2, 0.25) is 0 Å². The zero-order valence-corrected chi connectivity index (χ0v) is 19.4. The van der Waals surface area contributed by atoms with Crippen LogP contribution in [0.1, 0.15) is 24.8 Å². The zero-order chi connectivity index (χ0) is 22.3. The fourth-order valence-electron chi connectivity index (χ4n) is 3.31. The number of anilines is 3. The van der Waals surface area contributed by atoms with Crippen LogP contribution in [0.15, 0.2) is 29.1 Å². The minimum atomic E-state index is -3.96. The van der Waals surface area contributed by atoms with Gasteiger partial charge in [0.15, 0.2) is 0 Å². The number of benzene rings is 1. The Morgan fingerprint density at radius 2 is 1.97 bits per heavy atom. The molecule has 1 saturated carbocycles. The van der Waals surface area contributed by atoms with Crippen LogP contribution < -0.4 is 15.6 Å². The van der Waals surface area contributed by atoms with Gasteiger partial charge in [-0.3, -0.25) is 14.1 Å². The molecule has 0 spiro atoms. The molecule has 0 amide bonds. The van der Waals surface area contributed by atoms with Crippen molar-refractivity contribution in [2.24, 2.45) is 7.05 Å². The summed E-state index contributed by atoms with van der Waals surface area (Å²) in [4.78, 5) is 12.4. The third-order valence-corrected chi connectivity index (χ3v) is 8.09. The summed E-state index contributed by atoms with van der Waals surface area (Å²) in [7, 11) is -2.50. The van der Waals surface area contributed by atoms with Gasteiger partial charge in [-0.15, -0.1) is 0 Å². The molecule has 164 valence electrons. The van der Waals surface area contributed by atoms with Crippen LogP contribution in [0.3, 0.4) is 0 Å². The minimum Gasteiger partial charge on any atom is -0.394 e. The molecule has 0 radical (unpaired) electrons. The lowest BCUT2D eigenvalue weighted by Crippen LogP contribution is -2.35. The molecule has 1 aliphatic carbocycles. The molecular formula is C19H23FIN3O5S. The minimum absolute atomic E-state index is 0.0894. The molecular weight excluding hydrogens is 528 g/mol. The number of hydrogen-bond donors (Lipinski definition) is 4. The molecule has 30 heavy (non-hydrogen) atoms. The number of rotatable bonds is 8. The van der Waals surface area contributed by atoms with E-state index >= 15 is 0 Å². The van der Waals surface area contributed by atoms with E-state index in [0.717, 1.165) is 0 Å². The van der Waals surface area contributed by atoms with E-state index in [0.29, 0.717) is 22.0 Å². The number of hydrogen-bond acceptors (Lipinski definition) is 6. The van der Waals surface area contributed by atoms with Gasteiger partial charge in [-0.25, -0.2) is 12.8 Å². The van der Waals surface area contributed by atoms with E-state index in [1.807, 2.05) is 22.6 Å². The Hall–Kier alpha value is -1.70. The lowest BCUT2D eigenvalue weighted by Gasteiger charge is -2.23. The Bertz CT molecular complexity index is 1130. The molecule has 1 heterocycles. The van der Waals surface area contributed by atoms with Gasteiger partial charge in [0.25, 0.3) is 5.56 Å². The van der Waals surface area contributed by atoms with Gasteiger partial charge in [-0.1, -0.05) is 0 Å². The first-order valence-electron chi connectivity index (χ1n) is 9.24. The molecule has 1 aromatic heterocycles. The van der Waals surface area contributed by atoms with E-state index in [1.165, 1.54) is 29.8 Å². The first-order valence-corrected chi connectivity index (χ1v) is 11.8. The van der Waals surface area contributed by atoms with Gasteiger partial charge in [-0.05, 0) is 73.0 Å². The zero-order valence-electron chi connectivity index (χ0n) is 16.4. The average molecular weight is 551 g/mol. The van der Waals surface area contributed by atoms with Gasteiger partial charge in [0.05, 0.1) is 28.8 Å². The smallest absolute Gasteiger partial charge is 0.254 e. The second kappa shape index (κ2) is 8.44. The standard InChI is InChI=1S/C19H23FIN3O5S/c1-11-7-16(23-30(28,29)19(5-6-19)9-13(26)10-25)17(24(2)18(11)27)22-15-4-3-12(21)8-14(15)20/h3-4,7-8,13,22-23,25-26H,5-6,9-10H2,1-2H3. The van der Waals surface area contributed by atoms with Crippen molar-refractivity contribution in [3.8, 4) is 0 Å². The SMILES string of the molecule is Cc1cc(NS(=O)(=O)C2(CC(O)CO)CC2)c(Nc2ccc(I)cc2F)n(C)c1=O. The summed E-state index contributed by atoms with van der Waals surface area (Å²) in [6, 6.07) is 5.89. The van der Waals surface area contributed by atoms with Crippen molar-refractivity contribution in [2.45, 2.75) is 37.0 Å². The normalized spacial score (nSPS) is 16.2. The highest BCUT2D eigenvalue weighted by atomic mass is 127. The fourth-order valence-corrected chi connectivity index (χ4v) is 5.48. The maximum Gasteiger partial charge on any atom is 0.254 e. The predicted octanol–water partition coefficient (Wildman–Crippen LogP) is 2.20. The second-order valence-corrected chi connectivity index (χ2v) is 10.9. The Kier molecular flexibility index (Phi) is 6.46. The van der Waals surface area contributed by atoms with E-state index in [-0.39, 0.29) is 29.2 Å². The third kappa shape index (κ3) is 4.48. The first kappa shape index (κ1) is 23.0. The van der Waals surface area contributed by atoms with E-state index in [4.69, 9.17) is 5.11 Å². The number of nitrogens with zero attached hydrogens (tertiary/aromatic N) is 1. The van der Waals surface area contributed by atoms with Gasteiger partial charge >= 0.3 is 0 Å². The van der Waals surface area contributed by atoms with Crippen LogP contribution in [-0.2, 0) is 17.1 Å². The lowest BCUT2D eigenvalue weighted by molar-refractivity contribution is 0.0858. The van der Waals surface area contributed by atoms with Gasteiger partial charge in [0.1, 0.15) is 11.6 Å². The highest BCUT2D eigenvalue weighted by Crippen LogP contribution is 2.48. The quantitative estimate of drug-likeness (QED) is 0.374. The van der Waals surface area contributed by atoms with Crippen molar-refractivity contribution in [1.82, 2.24) is 4.57 Å². The highest BCUT2D eigenvalue weighted by Gasteiger charge is 2.55. The van der Waals surface area contributed by atoms with Gasteiger partial charge in [-0.2, -0.15) is 0 Å². The molecule has 0 bridgehead atoms. The highest BCUT2D eigenvalue weighted by molar-refractivity contribution is 14.1. The number of pyridine rings is 1. The monoisotopic (exact) mass is 551 g/mol. The van der Waals surface area contributed by atoms with Crippen LogP contribution in [0.4, 0.5) is 21.6 Å². The van der Waals surface area contributed by atoms with E-state index in [2.05, 4.69) is 10.0 Å². The largest absolute Gasteiger partial charge is 0.394 e. The van der Waals surface area contributed by atoms with Gasteiger partial charge in [0, 0.05) is 16.2 Å². The molecule has 1 fully saturated rings. The number of aryl methyl sites for hydroxylation is 1. The number of nitrogens with one attached hydrogen (secondary N) is 2. The molecule has 1 unspecified atom stereocenters. The predicted molar refractivity (Wildman–Crippen MR) is 121 cm³/mol. The van der Waals surface area contributed by atoms with E-state index < -0.39 is 33.3 Å². The van der Waals surface area contributed by atoms with Gasteiger partial charge in [0.2, 0.25) is 10.0 Å². The molecule has 1 aromatic carbocycles. The summed E-state index contributed by atoms with van der Waals surface area (Å²) in [5.41, 5.74) is 0.135. The Labute approximate surface area is 187 Å². The molecule has 2 aromatic rings. The first-order chi connectivity index (χ1) is 14.0. The molecule has 0 aliphatic heterocycles. The summed E-state index contributed by atoms with van der Waals surface area (Å²) < 4.78 is 43.7. The Balaban J connectivity index is 2.01. The van der Waals surface area contributed by atoms with Crippen LogP contribution in [-0.4, -0.2) is 40.7 Å². The summed E-state index contributed by atoms with van der Waals surface area (Å²) in [6.45, 7) is 1.02. The number of aliphatic hydroxyl groups excluding tert-OH is 2. The summed E-state index contributed by atoms with van der Waals surface area (Å²) in [5.74, 6) is -0.457. The average Bonchev–Trinajstić information content (AvgIpc) is 3.45. The molecule has 0 saturated heterocycles. The van der Waals surface area contributed by atoms with Crippen molar-refractivity contribution < 1.29 is 23.0 Å². The van der Waals surface area contributed by atoms with Crippen molar-refractivity contribution in [1.29, 1.82) is 0 Å². The van der Waals surface area contributed by atoms with E-state index in [9.17, 15) is 22.7 Å². The number of sulfonamides is 1. The molecule has 11 heteroatoms. The summed E-state index contributed by atoms with van der Waals surface area (Å²) in [6.07, 6.45) is -0.556. The van der Waals surface area contributed by atoms with E-state index in [1.54, 1.807) is 13.0 Å². The molecule has 8 nitrogen and oxygen atoms in total. The van der Waals surface area contributed by atoms with Crippen molar-refractivity contribution in [2.75, 3.05) is 16.6 Å². The second-order valence-electron chi connectivity index (χ2n) is 7.53. The van der Waals surface area contributed by atoms with Crippen LogP contribution in [0.25, 0.3) is 0 Å². The maximum atomic E-state index is 14.4. The fraction of sp³-hybridized carbons (Fsp3) is 0.421. The van der Waals surface area contributed by atoms with Crippen molar-refractivity contribution >= 4 is 49.8 Å². The number of aromatic nitrogens is 1. The number of halogens is 2. The van der Waals surface area contributed by atoms with Gasteiger partial charge < -0.3 is 15.5 Å². The Morgan fingerprint density at radius 1 is 1.30 bits per heavy atom. The topological polar surface area (TPSA) is 121 Å². The molecule has 1 aliphatic rings. The van der Waals surface area contributed by atoms with Crippen LogP contribution in [0.5, 0.6) is 0 Å². The van der Waals surface area contributed by atoms with Crippen molar-refractivity contribution in [3.63, 3.8) is 0 Å². The molecule has 3 rings (SSSR count). The third-order valence-electron chi connectivity index (χ3n) is 5.22. The van der Waals surface area contributed by atoms with Crippen LogP contribution >= 0.6 is 22.6 Å². The molecule has 4 N–H and O–H groups in total. The van der Waals surface area contributed by atoms with Crippen LogP contribution in [0, 0.1) is 16.3 Å².